The summed E-state index contributed by atoms with van der Waals surface area (Å²) in [6.07, 6.45) is 2.41. The second-order valence-electron chi connectivity index (χ2n) is 6.24. The van der Waals surface area contributed by atoms with Gasteiger partial charge in [0.15, 0.2) is 0 Å². The van der Waals surface area contributed by atoms with Crippen molar-refractivity contribution in [1.82, 2.24) is 0 Å². The van der Waals surface area contributed by atoms with E-state index >= 15 is 0 Å². The van der Waals surface area contributed by atoms with E-state index in [-0.39, 0.29) is 5.97 Å². The lowest BCUT2D eigenvalue weighted by molar-refractivity contribution is -0.155. The molecule has 0 saturated heterocycles. The number of alkyl halides is 1. The largest absolute Gasteiger partial charge is 0.466 e. The Kier molecular flexibility index (Phi) is 6.98. The average molecular weight is 262 g/mol. The number of hydrogen-bond donors (Lipinski definition) is 0. The van der Waals surface area contributed by atoms with Crippen LogP contribution in [0.5, 0.6) is 0 Å². The number of carbonyl (C=O) groups is 1. The maximum atomic E-state index is 13.0. The average Bonchev–Trinajstić information content (AvgIpc) is 2.24. The summed E-state index contributed by atoms with van der Waals surface area (Å²) in [5.74, 6) is -0.369. The van der Waals surface area contributed by atoms with Crippen LogP contribution in [-0.2, 0) is 9.53 Å². The molecule has 0 aromatic rings. The van der Waals surface area contributed by atoms with E-state index in [0.717, 1.165) is 18.9 Å². The third-order valence-electron chi connectivity index (χ3n) is 2.96. The zero-order chi connectivity index (χ0) is 13.5. The third-order valence-corrected chi connectivity index (χ3v) is 4.66. The third kappa shape index (κ3) is 6.81. The van der Waals surface area contributed by atoms with E-state index in [1.807, 2.05) is 6.92 Å². The Morgan fingerprint density at radius 3 is 2.35 bits per heavy atom. The minimum Gasteiger partial charge on any atom is -0.466 e. The van der Waals surface area contributed by atoms with Gasteiger partial charge in [0.05, 0.1) is 12.0 Å². The highest BCUT2D eigenvalue weighted by Gasteiger charge is 2.34. The number of ether oxygens (including phenoxy) is 1. The van der Waals surface area contributed by atoms with Crippen LogP contribution in [0.4, 0.5) is 4.39 Å². The van der Waals surface area contributed by atoms with Gasteiger partial charge in [-0.15, -0.1) is 0 Å². The van der Waals surface area contributed by atoms with E-state index in [2.05, 4.69) is 19.6 Å². The Labute approximate surface area is 106 Å². The molecular weight excluding hydrogens is 235 g/mol. The van der Waals surface area contributed by atoms with E-state index in [9.17, 15) is 9.18 Å². The Hall–Kier alpha value is -0.383. The maximum Gasteiger partial charge on any atom is 0.314 e. The van der Waals surface area contributed by atoms with Crippen LogP contribution in [0.2, 0.25) is 25.7 Å². The molecule has 0 N–H and O–H groups in total. The minimum absolute atomic E-state index is 0.369. The first-order valence-electron chi connectivity index (χ1n) is 6.48. The summed E-state index contributed by atoms with van der Waals surface area (Å²) in [7, 11) is -1.19. The van der Waals surface area contributed by atoms with Gasteiger partial charge in [-0.3, -0.25) is 4.79 Å². The molecule has 0 amide bonds. The first-order chi connectivity index (χ1) is 7.75. The number of carbonyl (C=O) groups excluding carboxylic acids is 1. The molecule has 0 spiro atoms. The highest BCUT2D eigenvalue weighted by Crippen LogP contribution is 2.27. The molecule has 0 aliphatic carbocycles. The van der Waals surface area contributed by atoms with E-state index in [4.69, 9.17) is 4.74 Å². The molecule has 0 bridgehead atoms. The van der Waals surface area contributed by atoms with Gasteiger partial charge >= 0.3 is 5.97 Å². The maximum absolute atomic E-state index is 13.0. The summed E-state index contributed by atoms with van der Waals surface area (Å²) in [4.78, 5) is 11.8. The summed E-state index contributed by atoms with van der Waals surface area (Å²) < 4.78 is 18.2. The highest BCUT2D eigenvalue weighted by molar-refractivity contribution is 6.76. The smallest absolute Gasteiger partial charge is 0.314 e. The quantitative estimate of drug-likeness (QED) is 0.487. The van der Waals surface area contributed by atoms with Crippen LogP contribution in [0.15, 0.2) is 0 Å². The van der Waals surface area contributed by atoms with Gasteiger partial charge in [0.2, 0.25) is 0 Å². The van der Waals surface area contributed by atoms with E-state index in [1.165, 1.54) is 0 Å². The zero-order valence-corrected chi connectivity index (χ0v) is 12.9. The predicted octanol–water partition coefficient (Wildman–Crippen LogP) is 4.03. The highest BCUT2D eigenvalue weighted by atomic mass is 28.3. The van der Waals surface area contributed by atoms with Gasteiger partial charge in [-0.1, -0.05) is 39.4 Å². The number of rotatable bonds is 8. The van der Waals surface area contributed by atoms with Crippen molar-refractivity contribution in [2.45, 2.75) is 58.8 Å². The fraction of sp³-hybridized carbons (Fsp3) is 0.923. The first-order valence-corrected chi connectivity index (χ1v) is 10.2. The normalized spacial score (nSPS) is 15.4. The molecule has 102 valence electrons. The molecular formula is C13H27FO2Si. The predicted molar refractivity (Wildman–Crippen MR) is 72.7 cm³/mol. The van der Waals surface area contributed by atoms with Crippen molar-refractivity contribution in [2.75, 3.05) is 13.3 Å². The second-order valence-corrected chi connectivity index (χ2v) is 11.9. The minimum atomic E-state index is -1.19. The fourth-order valence-corrected chi connectivity index (χ4v) is 2.13. The molecule has 0 saturated carbocycles. The number of hydrogen-bond acceptors (Lipinski definition) is 2. The van der Waals surface area contributed by atoms with Crippen molar-refractivity contribution >= 4 is 14.0 Å². The van der Waals surface area contributed by atoms with Crippen molar-refractivity contribution in [3.8, 4) is 0 Å². The first kappa shape index (κ1) is 16.6. The summed E-state index contributed by atoms with van der Waals surface area (Å²) in [6.45, 7) is 10.2. The molecule has 1 unspecified atom stereocenters. The van der Waals surface area contributed by atoms with Crippen molar-refractivity contribution in [2.24, 2.45) is 5.41 Å². The molecule has 0 radical (unpaired) electrons. The molecule has 2 nitrogen and oxygen atoms in total. The summed E-state index contributed by atoms with van der Waals surface area (Å²) in [6, 6.07) is 0.939. The van der Waals surface area contributed by atoms with E-state index in [0.29, 0.717) is 13.0 Å². The van der Waals surface area contributed by atoms with Crippen LogP contribution in [0.1, 0.15) is 33.1 Å². The van der Waals surface area contributed by atoms with Crippen molar-refractivity contribution in [1.29, 1.82) is 0 Å². The number of esters is 1. The Morgan fingerprint density at radius 1 is 1.35 bits per heavy atom. The number of halogens is 1. The monoisotopic (exact) mass is 262 g/mol. The molecule has 0 fully saturated rings. The van der Waals surface area contributed by atoms with Gasteiger partial charge in [-0.05, 0) is 19.4 Å². The Bertz CT molecular complexity index is 238. The lowest BCUT2D eigenvalue weighted by Gasteiger charge is -2.25. The van der Waals surface area contributed by atoms with E-state index in [1.54, 1.807) is 6.92 Å². The SMILES string of the molecule is CCCCC(C)(CF)C(=O)OCC[Si](C)(C)C. The molecule has 4 heteroatoms. The van der Waals surface area contributed by atoms with Crippen molar-refractivity contribution in [3.05, 3.63) is 0 Å². The Balaban J connectivity index is 4.16. The van der Waals surface area contributed by atoms with Crippen LogP contribution in [0.25, 0.3) is 0 Å². The molecule has 0 rings (SSSR count). The second kappa shape index (κ2) is 7.14. The summed E-state index contributed by atoms with van der Waals surface area (Å²) >= 11 is 0. The van der Waals surface area contributed by atoms with Crippen molar-refractivity contribution < 1.29 is 13.9 Å². The van der Waals surface area contributed by atoms with Crippen LogP contribution >= 0.6 is 0 Å². The summed E-state index contributed by atoms with van der Waals surface area (Å²) in [5.41, 5.74) is -0.935. The lowest BCUT2D eigenvalue weighted by Crippen LogP contribution is -2.33. The van der Waals surface area contributed by atoms with E-state index < -0.39 is 20.2 Å². The van der Waals surface area contributed by atoms with Gasteiger partial charge in [-0.25, -0.2) is 4.39 Å². The van der Waals surface area contributed by atoms with Gasteiger partial charge in [-0.2, -0.15) is 0 Å². The molecule has 0 aliphatic rings. The van der Waals surface area contributed by atoms with Crippen LogP contribution in [0, 0.1) is 5.41 Å². The Morgan fingerprint density at radius 2 is 1.94 bits per heavy atom. The van der Waals surface area contributed by atoms with Crippen molar-refractivity contribution in [3.63, 3.8) is 0 Å². The summed E-state index contributed by atoms with van der Waals surface area (Å²) in [5, 5.41) is 0. The molecule has 0 aromatic heterocycles. The van der Waals surface area contributed by atoms with Crippen LogP contribution in [0.3, 0.4) is 0 Å². The zero-order valence-electron chi connectivity index (χ0n) is 11.9. The number of unbranched alkanes of at least 4 members (excludes halogenated alkanes) is 1. The standard InChI is InChI=1S/C13H27FO2Si/c1-6-7-8-13(2,11-14)12(15)16-9-10-17(3,4)5/h6-11H2,1-5H3. The van der Waals surface area contributed by atoms with Gasteiger partial charge in [0.25, 0.3) is 0 Å². The topological polar surface area (TPSA) is 26.3 Å². The van der Waals surface area contributed by atoms with Crippen LogP contribution < -0.4 is 0 Å². The van der Waals surface area contributed by atoms with Gasteiger partial charge in [0.1, 0.15) is 6.67 Å². The van der Waals surface area contributed by atoms with Gasteiger partial charge in [0, 0.05) is 8.07 Å². The fourth-order valence-electron chi connectivity index (χ4n) is 1.41. The van der Waals surface area contributed by atoms with Crippen LogP contribution in [-0.4, -0.2) is 27.3 Å². The lowest BCUT2D eigenvalue weighted by atomic mass is 9.86. The molecule has 0 aromatic carbocycles. The molecule has 0 heterocycles. The van der Waals surface area contributed by atoms with Gasteiger partial charge < -0.3 is 4.74 Å². The molecule has 1 atom stereocenters. The molecule has 17 heavy (non-hydrogen) atoms. The molecule has 0 aliphatic heterocycles.